The summed E-state index contributed by atoms with van der Waals surface area (Å²) in [6.07, 6.45) is -9.02. The van der Waals surface area contributed by atoms with Gasteiger partial charge in [-0.05, 0) is 83.6 Å². The van der Waals surface area contributed by atoms with Gasteiger partial charge in [0.2, 0.25) is 18.3 Å². The zero-order chi connectivity index (χ0) is 44.7. The van der Waals surface area contributed by atoms with E-state index in [9.17, 15) is 37.5 Å². The summed E-state index contributed by atoms with van der Waals surface area (Å²) in [4.78, 5) is 90.9. The first-order chi connectivity index (χ1) is 29.6. The molecule has 2 aliphatic rings. The quantitative estimate of drug-likeness (QED) is 0.0461. The Hall–Kier alpha value is -6.76. The number of nitrogens with zero attached hydrogens (tertiary/aromatic N) is 1. The Balaban J connectivity index is 1.22. The molecule has 18 heteroatoms. The van der Waals surface area contributed by atoms with Gasteiger partial charge in [-0.2, -0.15) is 10.1 Å². The van der Waals surface area contributed by atoms with E-state index in [1.165, 1.54) is 61.5 Å². The lowest BCUT2D eigenvalue weighted by Gasteiger charge is -2.48. The normalized spacial score (nSPS) is 22.3. The van der Waals surface area contributed by atoms with Gasteiger partial charge in [0, 0.05) is 33.4 Å². The molecule has 4 aromatic rings. The van der Waals surface area contributed by atoms with Crippen LogP contribution >= 0.6 is 0 Å². The number of β-lactam (4-membered cyclic amide) rings is 1. The van der Waals surface area contributed by atoms with Gasteiger partial charge in [-0.25, -0.2) is 13.6 Å². The molecule has 0 aromatic heterocycles. The van der Waals surface area contributed by atoms with Crippen molar-refractivity contribution in [1.29, 1.82) is 0 Å². The third-order valence-electron chi connectivity index (χ3n) is 9.99. The van der Waals surface area contributed by atoms with Crippen molar-refractivity contribution in [3.05, 3.63) is 120 Å². The molecule has 2 aliphatic heterocycles. The fraction of sp³-hybridized carbons (Fsp3) is 0.318. The zero-order valence-electron chi connectivity index (χ0n) is 33.6. The van der Waals surface area contributed by atoms with Crippen LogP contribution in [0.25, 0.3) is 11.1 Å². The maximum atomic E-state index is 13.9. The molecule has 62 heavy (non-hydrogen) atoms. The summed E-state index contributed by atoms with van der Waals surface area (Å²) < 4.78 is 54.5. The molecule has 326 valence electrons. The van der Waals surface area contributed by atoms with Crippen LogP contribution in [0.1, 0.15) is 63.8 Å². The number of ether oxygens (including phenoxy) is 5. The molecule has 2 fully saturated rings. The first kappa shape index (κ1) is 44.8. The van der Waals surface area contributed by atoms with Crippen LogP contribution in [0.3, 0.4) is 0 Å². The summed E-state index contributed by atoms with van der Waals surface area (Å²) in [6, 6.07) is 24.4. The van der Waals surface area contributed by atoms with Crippen LogP contribution in [0, 0.1) is 17.6 Å². The average molecular weight is 862 g/mol. The molecule has 1 amide bonds. The zero-order valence-corrected chi connectivity index (χ0v) is 33.6. The Bertz CT molecular complexity index is 2270. The number of hydrogen-bond donors (Lipinski definition) is 1. The van der Waals surface area contributed by atoms with E-state index in [1.54, 1.807) is 23.1 Å². The van der Waals surface area contributed by atoms with Crippen molar-refractivity contribution >= 4 is 41.4 Å². The third-order valence-corrected chi connectivity index (χ3v) is 9.99. The molecule has 16 nitrogen and oxygen atoms in total. The SMILES string of the molecule is CC(=O)O[C@H]1[C@H](OC(C)=O)[C@@H](OOc2cccc(-c3ccc([C@@H]4[C@@H](CC[C@H](OC(C)=O)c5ccc(F)cc5)C(=O)N4c4ccc(F)cc4)cc3)c2)O[C@@H](C(=O)OO)[C@@H]1OC(C)=O. The second-order valence-electron chi connectivity index (χ2n) is 14.3. The fourth-order valence-electron chi connectivity index (χ4n) is 7.40. The van der Waals surface area contributed by atoms with Gasteiger partial charge in [-0.3, -0.25) is 28.9 Å². The first-order valence-corrected chi connectivity index (χ1v) is 19.2. The predicted molar refractivity (Wildman–Crippen MR) is 208 cm³/mol. The molecule has 0 radical (unpaired) electrons. The van der Waals surface area contributed by atoms with Gasteiger partial charge in [0.15, 0.2) is 24.1 Å². The van der Waals surface area contributed by atoms with Crippen LogP contribution in [-0.2, 0) is 62.2 Å². The molecule has 0 aliphatic carbocycles. The fourth-order valence-corrected chi connectivity index (χ4v) is 7.40. The lowest BCUT2D eigenvalue weighted by molar-refractivity contribution is -0.385. The van der Waals surface area contributed by atoms with Crippen molar-refractivity contribution in [3.8, 4) is 16.9 Å². The Morgan fingerprint density at radius 2 is 1.32 bits per heavy atom. The van der Waals surface area contributed by atoms with Crippen molar-refractivity contribution in [3.63, 3.8) is 0 Å². The van der Waals surface area contributed by atoms with Crippen LogP contribution in [0.5, 0.6) is 5.75 Å². The highest BCUT2D eigenvalue weighted by molar-refractivity contribution is 6.03. The highest BCUT2D eigenvalue weighted by atomic mass is 19.1. The number of benzene rings is 4. The van der Waals surface area contributed by atoms with Crippen LogP contribution in [0.2, 0.25) is 0 Å². The van der Waals surface area contributed by atoms with E-state index >= 15 is 0 Å². The smallest absolute Gasteiger partial charge is 0.374 e. The lowest BCUT2D eigenvalue weighted by Crippen LogP contribution is -2.64. The summed E-state index contributed by atoms with van der Waals surface area (Å²) in [7, 11) is 0. The Labute approximate surface area is 353 Å². The Morgan fingerprint density at radius 3 is 1.92 bits per heavy atom. The molecule has 0 unspecified atom stereocenters. The number of anilines is 1. The molecule has 1 N–H and O–H groups in total. The number of carbonyl (C=O) groups is 6. The van der Waals surface area contributed by atoms with Gasteiger partial charge in [0.1, 0.15) is 17.7 Å². The maximum absolute atomic E-state index is 13.9. The van der Waals surface area contributed by atoms with Crippen molar-refractivity contribution < 1.29 is 81.2 Å². The standard InChI is InChI=1S/C44H41F2NO15/c1-23(48)55-36(28-12-14-31(45)15-13-28)21-20-35-37(47(42(35)52)33-18-16-32(46)17-19-33)29-10-8-27(9-11-29)30-6-5-7-34(22-30)61-62-44-41(58-26(4)51)39(57-25(3)50)38(56-24(2)49)40(59-44)43(53)60-54/h5-19,22,35-41,44,54H,20-21H2,1-4H3/t35-,36+,37-,38-,39-,40-,41+,44-/m1/s1. The lowest BCUT2D eigenvalue weighted by atomic mass is 9.78. The van der Waals surface area contributed by atoms with Crippen LogP contribution in [0.4, 0.5) is 14.5 Å². The second-order valence-corrected chi connectivity index (χ2v) is 14.3. The van der Waals surface area contributed by atoms with E-state index in [1.807, 2.05) is 24.3 Å². The molecule has 0 spiro atoms. The second kappa shape index (κ2) is 19.7. The number of carbonyl (C=O) groups excluding carboxylic acids is 6. The van der Waals surface area contributed by atoms with Crippen molar-refractivity contribution in [2.24, 2.45) is 5.92 Å². The molecule has 0 saturated carbocycles. The Kier molecular flexibility index (Phi) is 14.3. The average Bonchev–Trinajstić information content (AvgIpc) is 3.23. The monoisotopic (exact) mass is 861 g/mol. The molecule has 0 bridgehead atoms. The highest BCUT2D eigenvalue weighted by Gasteiger charge is 2.56. The van der Waals surface area contributed by atoms with Crippen LogP contribution < -0.4 is 9.79 Å². The largest absolute Gasteiger partial charge is 0.458 e. The van der Waals surface area contributed by atoms with Gasteiger partial charge >= 0.3 is 29.8 Å². The van der Waals surface area contributed by atoms with Gasteiger partial charge < -0.3 is 33.5 Å². The van der Waals surface area contributed by atoms with E-state index in [0.717, 1.165) is 26.3 Å². The minimum absolute atomic E-state index is 0.0832. The Morgan fingerprint density at radius 1 is 0.726 bits per heavy atom. The topological polar surface area (TPSA) is 200 Å². The summed E-state index contributed by atoms with van der Waals surface area (Å²) in [5.74, 6) is -6.34. The van der Waals surface area contributed by atoms with Gasteiger partial charge in [0.25, 0.3) is 0 Å². The van der Waals surface area contributed by atoms with Gasteiger partial charge in [-0.1, -0.05) is 48.5 Å². The first-order valence-electron chi connectivity index (χ1n) is 19.2. The summed E-state index contributed by atoms with van der Waals surface area (Å²) in [5, 5.41) is 9.14. The van der Waals surface area contributed by atoms with Gasteiger partial charge in [0.05, 0.1) is 12.0 Å². The third kappa shape index (κ3) is 10.6. The van der Waals surface area contributed by atoms with E-state index in [4.69, 9.17) is 38.7 Å². The minimum Gasteiger partial charge on any atom is -0.458 e. The molecule has 2 saturated heterocycles. The molecule has 4 aromatic carbocycles. The van der Waals surface area contributed by atoms with E-state index in [2.05, 4.69) is 4.89 Å². The summed E-state index contributed by atoms with van der Waals surface area (Å²) in [5.41, 5.74) is 3.12. The van der Waals surface area contributed by atoms with Crippen molar-refractivity contribution in [2.75, 3.05) is 4.90 Å². The van der Waals surface area contributed by atoms with Crippen molar-refractivity contribution in [1.82, 2.24) is 0 Å². The molecular weight excluding hydrogens is 820 g/mol. The highest BCUT2D eigenvalue weighted by Crippen LogP contribution is 2.47. The van der Waals surface area contributed by atoms with Crippen molar-refractivity contribution in [2.45, 2.75) is 83.4 Å². The predicted octanol–water partition coefficient (Wildman–Crippen LogP) is 6.27. The molecule has 2 heterocycles. The summed E-state index contributed by atoms with van der Waals surface area (Å²) >= 11 is 0. The van der Waals surface area contributed by atoms with E-state index in [0.29, 0.717) is 28.8 Å². The molecule has 8 atom stereocenters. The van der Waals surface area contributed by atoms with E-state index < -0.39 is 90.3 Å². The van der Waals surface area contributed by atoms with Crippen LogP contribution in [0.15, 0.2) is 97.1 Å². The minimum atomic E-state index is -1.94. The van der Waals surface area contributed by atoms with E-state index in [-0.39, 0.29) is 18.1 Å². The maximum Gasteiger partial charge on any atom is 0.374 e. The number of halogens is 2. The summed E-state index contributed by atoms with van der Waals surface area (Å²) in [6.45, 7) is 4.32. The number of hydrogen-bond acceptors (Lipinski definition) is 15. The van der Waals surface area contributed by atoms with Crippen LogP contribution in [-0.4, -0.2) is 71.7 Å². The number of esters is 4. The molecular formula is C44H41F2NO15. The number of amides is 1. The van der Waals surface area contributed by atoms with Gasteiger partial charge in [-0.15, -0.1) is 0 Å². The molecule has 6 rings (SSSR count). The number of rotatable bonds is 15.